The Kier molecular flexibility index (Phi) is 5.11. The van der Waals surface area contributed by atoms with Gasteiger partial charge in [0.1, 0.15) is 0 Å². The number of thiazole rings is 1. The Morgan fingerprint density at radius 1 is 1.35 bits per heavy atom. The molecule has 134 valence electrons. The maximum absolute atomic E-state index is 9.20. The van der Waals surface area contributed by atoms with E-state index in [-0.39, 0.29) is 5.92 Å². The standard InChI is InChI=1S/C19H19ClN4OS/c20-18-17-16(8-10-24(18)25-13-14-5-2-1-3-6-14)22-19(26-17)23-9-4-7-15(11-21)12-23/h1-3,5-6,8,10,15,18H,4,7,9,12-13H2. The van der Waals surface area contributed by atoms with Crippen molar-refractivity contribution in [3.05, 3.63) is 52.7 Å². The van der Waals surface area contributed by atoms with Gasteiger partial charge < -0.3 is 4.90 Å². The van der Waals surface area contributed by atoms with E-state index in [1.54, 1.807) is 16.4 Å². The maximum Gasteiger partial charge on any atom is 0.186 e. The number of rotatable bonds is 4. The van der Waals surface area contributed by atoms with Crippen molar-refractivity contribution in [3.8, 4) is 6.07 Å². The van der Waals surface area contributed by atoms with Gasteiger partial charge in [0.2, 0.25) is 0 Å². The molecule has 1 aromatic heterocycles. The van der Waals surface area contributed by atoms with Gasteiger partial charge in [-0.05, 0) is 24.5 Å². The average Bonchev–Trinajstić information content (AvgIpc) is 3.14. The van der Waals surface area contributed by atoms with Gasteiger partial charge in [-0.25, -0.2) is 10.0 Å². The number of aromatic nitrogens is 1. The fourth-order valence-corrected chi connectivity index (χ4v) is 4.60. The van der Waals surface area contributed by atoms with Crippen LogP contribution in [0.15, 0.2) is 36.5 Å². The van der Waals surface area contributed by atoms with Crippen molar-refractivity contribution in [2.75, 3.05) is 18.0 Å². The van der Waals surface area contributed by atoms with Crippen LogP contribution in [-0.4, -0.2) is 23.1 Å². The molecule has 7 heteroatoms. The van der Waals surface area contributed by atoms with Crippen molar-refractivity contribution in [2.45, 2.75) is 24.9 Å². The second-order valence-electron chi connectivity index (χ2n) is 6.43. The third kappa shape index (κ3) is 3.56. The molecule has 0 amide bonds. The summed E-state index contributed by atoms with van der Waals surface area (Å²) in [6, 6.07) is 12.4. The second-order valence-corrected chi connectivity index (χ2v) is 7.85. The van der Waals surface area contributed by atoms with Gasteiger partial charge in [0.25, 0.3) is 0 Å². The number of hydrogen-bond donors (Lipinski definition) is 0. The first kappa shape index (κ1) is 17.3. The fraction of sp³-hybridized carbons (Fsp3) is 0.368. The van der Waals surface area contributed by atoms with E-state index in [0.717, 1.165) is 47.2 Å². The minimum absolute atomic E-state index is 0.0812. The summed E-state index contributed by atoms with van der Waals surface area (Å²) in [6.45, 7) is 2.15. The highest BCUT2D eigenvalue weighted by Crippen LogP contribution is 2.41. The summed E-state index contributed by atoms with van der Waals surface area (Å²) in [5.74, 6) is 0.0812. The highest BCUT2D eigenvalue weighted by Gasteiger charge is 2.29. The first-order valence-electron chi connectivity index (χ1n) is 8.67. The zero-order valence-corrected chi connectivity index (χ0v) is 15.8. The molecule has 26 heavy (non-hydrogen) atoms. The monoisotopic (exact) mass is 386 g/mol. The van der Waals surface area contributed by atoms with E-state index in [1.807, 2.05) is 42.6 Å². The third-order valence-corrected chi connectivity index (χ3v) is 6.31. The molecule has 3 heterocycles. The molecular weight excluding hydrogens is 368 g/mol. The van der Waals surface area contributed by atoms with Crippen LogP contribution in [0.4, 0.5) is 5.13 Å². The predicted octanol–water partition coefficient (Wildman–Crippen LogP) is 4.54. The molecule has 0 bridgehead atoms. The van der Waals surface area contributed by atoms with Crippen molar-refractivity contribution in [1.82, 2.24) is 10.0 Å². The molecule has 4 rings (SSSR count). The van der Waals surface area contributed by atoms with Crippen LogP contribution in [0.1, 0.15) is 34.5 Å². The smallest absolute Gasteiger partial charge is 0.186 e. The number of nitrogens with zero attached hydrogens (tertiary/aromatic N) is 4. The number of anilines is 1. The van der Waals surface area contributed by atoms with Crippen molar-refractivity contribution in [2.24, 2.45) is 5.92 Å². The van der Waals surface area contributed by atoms with Gasteiger partial charge in [-0.3, -0.25) is 4.84 Å². The Morgan fingerprint density at radius 2 is 2.19 bits per heavy atom. The van der Waals surface area contributed by atoms with E-state index in [9.17, 15) is 5.26 Å². The van der Waals surface area contributed by atoms with Crippen LogP contribution in [-0.2, 0) is 11.4 Å². The molecule has 1 fully saturated rings. The number of halogens is 1. The van der Waals surface area contributed by atoms with Gasteiger partial charge in [-0.1, -0.05) is 53.3 Å². The van der Waals surface area contributed by atoms with Crippen molar-refractivity contribution >= 4 is 34.1 Å². The van der Waals surface area contributed by atoms with Crippen LogP contribution >= 0.6 is 22.9 Å². The predicted molar refractivity (Wildman–Crippen MR) is 103 cm³/mol. The summed E-state index contributed by atoms with van der Waals surface area (Å²) < 4.78 is 0. The Balaban J connectivity index is 1.46. The number of alkyl halides is 1. The van der Waals surface area contributed by atoms with E-state index in [4.69, 9.17) is 21.4 Å². The van der Waals surface area contributed by atoms with E-state index in [0.29, 0.717) is 6.61 Å². The summed E-state index contributed by atoms with van der Waals surface area (Å²) in [6.07, 6.45) is 5.76. The Morgan fingerprint density at radius 3 is 3.00 bits per heavy atom. The zero-order valence-electron chi connectivity index (χ0n) is 14.2. The van der Waals surface area contributed by atoms with E-state index >= 15 is 0 Å². The quantitative estimate of drug-likeness (QED) is 0.570. The molecule has 0 saturated carbocycles. The lowest BCUT2D eigenvalue weighted by molar-refractivity contribution is -0.142. The molecule has 0 spiro atoms. The van der Waals surface area contributed by atoms with Gasteiger partial charge in [-0.2, -0.15) is 5.26 Å². The summed E-state index contributed by atoms with van der Waals surface area (Å²) in [4.78, 5) is 13.8. The first-order valence-corrected chi connectivity index (χ1v) is 9.92. The number of piperidine rings is 1. The molecule has 2 atom stereocenters. The minimum atomic E-state index is -0.401. The van der Waals surface area contributed by atoms with Crippen LogP contribution in [0.3, 0.4) is 0 Å². The SMILES string of the molecule is N#CC1CCCN(c2nc3c(s2)C(Cl)N(OCc2ccccc2)C=C3)C1. The van der Waals surface area contributed by atoms with Gasteiger partial charge >= 0.3 is 0 Å². The van der Waals surface area contributed by atoms with Crippen molar-refractivity contribution in [3.63, 3.8) is 0 Å². The van der Waals surface area contributed by atoms with Crippen molar-refractivity contribution < 1.29 is 4.84 Å². The summed E-state index contributed by atoms with van der Waals surface area (Å²) in [5, 5.41) is 11.8. The van der Waals surface area contributed by atoms with Crippen LogP contribution in [0.25, 0.3) is 6.08 Å². The molecule has 1 saturated heterocycles. The molecule has 1 aromatic carbocycles. The lowest BCUT2D eigenvalue weighted by Crippen LogP contribution is -2.34. The minimum Gasteiger partial charge on any atom is -0.347 e. The highest BCUT2D eigenvalue weighted by molar-refractivity contribution is 7.16. The molecule has 0 aliphatic carbocycles. The molecule has 2 aromatic rings. The molecule has 5 nitrogen and oxygen atoms in total. The number of fused-ring (bicyclic) bond motifs is 1. The lowest BCUT2D eigenvalue weighted by Gasteiger charge is -2.29. The molecule has 2 unspecified atom stereocenters. The summed E-state index contributed by atoms with van der Waals surface area (Å²) in [5.41, 5.74) is 1.58. The lowest BCUT2D eigenvalue weighted by atomic mass is 10.0. The molecule has 2 aliphatic rings. The largest absolute Gasteiger partial charge is 0.347 e. The van der Waals surface area contributed by atoms with Crippen LogP contribution in [0.5, 0.6) is 0 Å². The number of hydroxylamine groups is 2. The molecular formula is C19H19ClN4OS. The van der Waals surface area contributed by atoms with Crippen LogP contribution in [0, 0.1) is 17.2 Å². The Labute approximate surface area is 162 Å². The summed E-state index contributed by atoms with van der Waals surface area (Å²) in [7, 11) is 0. The molecule has 0 N–H and O–H groups in total. The molecule has 0 radical (unpaired) electrons. The number of benzene rings is 1. The van der Waals surface area contributed by atoms with Crippen LogP contribution < -0.4 is 4.90 Å². The third-order valence-electron chi connectivity index (χ3n) is 4.59. The van der Waals surface area contributed by atoms with E-state index in [1.165, 1.54) is 0 Å². The Hall–Kier alpha value is -2.07. The first-order chi connectivity index (χ1) is 12.7. The van der Waals surface area contributed by atoms with Gasteiger partial charge in [0.05, 0.1) is 29.2 Å². The van der Waals surface area contributed by atoms with E-state index < -0.39 is 5.50 Å². The number of hydrogen-bond acceptors (Lipinski definition) is 6. The van der Waals surface area contributed by atoms with Crippen LogP contribution in [0.2, 0.25) is 0 Å². The molecule has 2 aliphatic heterocycles. The maximum atomic E-state index is 9.20. The van der Waals surface area contributed by atoms with Gasteiger partial charge in [0.15, 0.2) is 10.6 Å². The van der Waals surface area contributed by atoms with E-state index in [2.05, 4.69) is 11.0 Å². The fourth-order valence-electron chi connectivity index (χ4n) is 3.18. The van der Waals surface area contributed by atoms with Crippen molar-refractivity contribution in [1.29, 1.82) is 5.26 Å². The van der Waals surface area contributed by atoms with Gasteiger partial charge in [-0.15, -0.1) is 0 Å². The topological polar surface area (TPSA) is 52.4 Å². The zero-order chi connectivity index (χ0) is 17.9. The summed E-state index contributed by atoms with van der Waals surface area (Å²) >= 11 is 8.23. The number of nitriles is 1. The normalized spacial score (nSPS) is 22.2. The average molecular weight is 387 g/mol. The Bertz CT molecular complexity index is 832. The van der Waals surface area contributed by atoms with Gasteiger partial charge in [0, 0.05) is 19.3 Å². The second kappa shape index (κ2) is 7.67. The highest BCUT2D eigenvalue weighted by atomic mass is 35.5.